The number of nitrogens with zero attached hydrogens (tertiary/aromatic N) is 4. The molecule has 0 aliphatic carbocycles. The van der Waals surface area contributed by atoms with Gasteiger partial charge in [0.15, 0.2) is 6.10 Å². The molecule has 11 nitrogen and oxygen atoms in total. The van der Waals surface area contributed by atoms with Crippen LogP contribution in [0.2, 0.25) is 0 Å². The van der Waals surface area contributed by atoms with Crippen molar-refractivity contribution in [1.82, 2.24) is 13.7 Å². The normalized spacial score (nSPS) is 14.7. The molecule has 5 rings (SSSR count). The summed E-state index contributed by atoms with van der Waals surface area (Å²) in [6, 6.07) is 24.4. The molecule has 0 radical (unpaired) electrons. The molecule has 3 aromatic carbocycles. The fraction of sp³-hybridized carbons (Fsp3) is 0.258. The van der Waals surface area contributed by atoms with Crippen molar-refractivity contribution in [2.45, 2.75) is 24.8 Å². The van der Waals surface area contributed by atoms with Gasteiger partial charge in [0, 0.05) is 38.9 Å². The second-order valence-electron chi connectivity index (χ2n) is 10.2. The number of carbonyl (C=O) groups is 2. The Bertz CT molecular complexity index is 1790. The maximum Gasteiger partial charge on any atom is 0.338 e. The summed E-state index contributed by atoms with van der Waals surface area (Å²) in [5.74, 6) is -1.56. The fourth-order valence-corrected chi connectivity index (χ4v) is 6.45. The molecule has 0 bridgehead atoms. The molecule has 224 valence electrons. The molecule has 1 amide bonds. The van der Waals surface area contributed by atoms with Crippen LogP contribution in [0.4, 0.5) is 11.4 Å². The second kappa shape index (κ2) is 12.3. The summed E-state index contributed by atoms with van der Waals surface area (Å²) in [7, 11) is -2.16. The Balaban J connectivity index is 1.24. The molecule has 1 atom stereocenters. The number of esters is 1. The van der Waals surface area contributed by atoms with Gasteiger partial charge >= 0.3 is 5.97 Å². The van der Waals surface area contributed by atoms with Crippen LogP contribution in [0.15, 0.2) is 94.6 Å². The van der Waals surface area contributed by atoms with Gasteiger partial charge in [-0.1, -0.05) is 42.5 Å². The van der Waals surface area contributed by atoms with Crippen LogP contribution in [0, 0.1) is 6.92 Å². The van der Waals surface area contributed by atoms with E-state index in [0.29, 0.717) is 37.6 Å². The van der Waals surface area contributed by atoms with Crippen LogP contribution in [-0.2, 0) is 26.6 Å². The number of carbonyl (C=O) groups excluding carboxylic acids is 2. The first-order valence-electron chi connectivity index (χ1n) is 13.8. The van der Waals surface area contributed by atoms with Gasteiger partial charge in [0.25, 0.3) is 11.5 Å². The van der Waals surface area contributed by atoms with Crippen LogP contribution < -0.4 is 15.8 Å². The average Bonchev–Trinajstić information content (AvgIpc) is 3.24. The molecule has 43 heavy (non-hydrogen) atoms. The Morgan fingerprint density at radius 3 is 2.09 bits per heavy atom. The number of amides is 1. The first-order valence-corrected chi connectivity index (χ1v) is 15.3. The number of anilines is 2. The molecule has 1 aliphatic heterocycles. The van der Waals surface area contributed by atoms with E-state index in [-0.39, 0.29) is 16.1 Å². The van der Waals surface area contributed by atoms with Crippen molar-refractivity contribution in [3.05, 3.63) is 107 Å². The highest BCUT2D eigenvalue weighted by molar-refractivity contribution is 7.89. The first-order chi connectivity index (χ1) is 20.6. The smallest absolute Gasteiger partial charge is 0.338 e. The van der Waals surface area contributed by atoms with Crippen molar-refractivity contribution in [2.75, 3.05) is 36.4 Å². The first kappa shape index (κ1) is 29.8. The van der Waals surface area contributed by atoms with Gasteiger partial charge in [0.05, 0.1) is 21.8 Å². The molecular formula is C31H33N5O6S. The molecule has 0 saturated carbocycles. The highest BCUT2D eigenvalue weighted by Crippen LogP contribution is 2.22. The Morgan fingerprint density at radius 2 is 1.47 bits per heavy atom. The maximum atomic E-state index is 13.4. The van der Waals surface area contributed by atoms with Gasteiger partial charge in [-0.3, -0.25) is 14.3 Å². The van der Waals surface area contributed by atoms with E-state index in [1.165, 1.54) is 40.2 Å². The predicted octanol–water partition coefficient (Wildman–Crippen LogP) is 3.18. The minimum absolute atomic E-state index is 0.00836. The molecule has 0 spiro atoms. The number of rotatable bonds is 8. The summed E-state index contributed by atoms with van der Waals surface area (Å²) < 4.78 is 36.6. The molecule has 1 aliphatic rings. The van der Waals surface area contributed by atoms with Crippen LogP contribution >= 0.6 is 0 Å². The van der Waals surface area contributed by atoms with Crippen LogP contribution in [0.3, 0.4) is 0 Å². The number of sulfonamides is 1. The van der Waals surface area contributed by atoms with E-state index in [2.05, 4.69) is 10.2 Å². The number of ether oxygens (including phenoxy) is 1. The van der Waals surface area contributed by atoms with Crippen molar-refractivity contribution in [2.24, 2.45) is 7.05 Å². The monoisotopic (exact) mass is 603 g/mol. The van der Waals surface area contributed by atoms with Gasteiger partial charge in [-0.25, -0.2) is 17.9 Å². The van der Waals surface area contributed by atoms with Crippen LogP contribution in [-0.4, -0.2) is 66.2 Å². The molecule has 12 heteroatoms. The van der Waals surface area contributed by atoms with E-state index >= 15 is 0 Å². The summed E-state index contributed by atoms with van der Waals surface area (Å²) in [6.07, 6.45) is -1.26. The SMILES string of the molecule is Cc1c(NC(=O)C(C)OC(=O)c2cccc(S(=O)(=O)N3CCN(c4ccccc4)CC3)c2)c(=O)n(-c2ccccc2)n1C. The number of piperazine rings is 1. The summed E-state index contributed by atoms with van der Waals surface area (Å²) in [5, 5.41) is 2.58. The molecule has 1 aromatic heterocycles. The average molecular weight is 604 g/mol. The summed E-state index contributed by atoms with van der Waals surface area (Å²) in [5.41, 5.74) is 1.81. The van der Waals surface area contributed by atoms with E-state index < -0.39 is 33.6 Å². The molecule has 2 heterocycles. The highest BCUT2D eigenvalue weighted by Gasteiger charge is 2.30. The van der Waals surface area contributed by atoms with Gasteiger partial charge in [-0.05, 0) is 56.3 Å². The van der Waals surface area contributed by atoms with Crippen LogP contribution in [0.1, 0.15) is 23.0 Å². The maximum absolute atomic E-state index is 13.4. The lowest BCUT2D eigenvalue weighted by Crippen LogP contribution is -2.48. The third kappa shape index (κ3) is 6.11. The minimum Gasteiger partial charge on any atom is -0.449 e. The van der Waals surface area contributed by atoms with Crippen molar-refractivity contribution in [3.63, 3.8) is 0 Å². The number of hydrogen-bond acceptors (Lipinski definition) is 7. The minimum atomic E-state index is -3.86. The number of benzene rings is 3. The van der Waals surface area contributed by atoms with E-state index in [0.717, 1.165) is 5.69 Å². The standard InChI is InChI=1S/C31H33N5O6S/c1-22-28(30(38)36(33(22)3)26-14-8-5-9-15-26)32-29(37)23(2)42-31(39)24-11-10-16-27(21-24)43(40,41)35-19-17-34(18-20-35)25-12-6-4-7-13-25/h4-16,21,23H,17-20H2,1-3H3,(H,32,37). The third-order valence-electron chi connectivity index (χ3n) is 7.52. The van der Waals surface area contributed by atoms with Crippen LogP contribution in [0.5, 0.6) is 0 Å². The molecular weight excluding hydrogens is 570 g/mol. The zero-order valence-corrected chi connectivity index (χ0v) is 25.0. The Hall–Kier alpha value is -4.68. The van der Waals surface area contributed by atoms with E-state index in [1.807, 2.05) is 36.4 Å². The molecule has 1 unspecified atom stereocenters. The van der Waals surface area contributed by atoms with E-state index in [9.17, 15) is 22.8 Å². The fourth-order valence-electron chi connectivity index (χ4n) is 4.98. The topological polar surface area (TPSA) is 123 Å². The number of para-hydroxylation sites is 2. The quantitative estimate of drug-likeness (QED) is 0.307. The second-order valence-corrected chi connectivity index (χ2v) is 12.2. The van der Waals surface area contributed by atoms with Gasteiger partial charge in [0.2, 0.25) is 10.0 Å². The molecule has 1 N–H and O–H groups in total. The summed E-state index contributed by atoms with van der Waals surface area (Å²) in [4.78, 5) is 41.1. The van der Waals surface area contributed by atoms with E-state index in [1.54, 1.807) is 42.9 Å². The molecule has 4 aromatic rings. The van der Waals surface area contributed by atoms with Gasteiger partial charge in [-0.2, -0.15) is 4.31 Å². The number of nitrogens with one attached hydrogen (secondary N) is 1. The van der Waals surface area contributed by atoms with Crippen LogP contribution in [0.25, 0.3) is 5.69 Å². The Labute approximate surface area is 249 Å². The third-order valence-corrected chi connectivity index (χ3v) is 9.42. The lowest BCUT2D eigenvalue weighted by molar-refractivity contribution is -0.123. The van der Waals surface area contributed by atoms with Gasteiger partial charge < -0.3 is 15.0 Å². The Kier molecular flexibility index (Phi) is 8.51. The van der Waals surface area contributed by atoms with Crippen molar-refractivity contribution >= 4 is 33.3 Å². The zero-order chi connectivity index (χ0) is 30.7. The van der Waals surface area contributed by atoms with E-state index in [4.69, 9.17) is 4.74 Å². The van der Waals surface area contributed by atoms with Crippen molar-refractivity contribution < 1.29 is 22.7 Å². The predicted molar refractivity (Wildman–Crippen MR) is 163 cm³/mol. The van der Waals surface area contributed by atoms with Crippen molar-refractivity contribution in [1.29, 1.82) is 0 Å². The van der Waals surface area contributed by atoms with Crippen molar-refractivity contribution in [3.8, 4) is 5.69 Å². The number of aromatic nitrogens is 2. The lowest BCUT2D eigenvalue weighted by atomic mass is 10.2. The highest BCUT2D eigenvalue weighted by atomic mass is 32.2. The molecule has 1 fully saturated rings. The Morgan fingerprint density at radius 1 is 0.860 bits per heavy atom. The lowest BCUT2D eigenvalue weighted by Gasteiger charge is -2.35. The summed E-state index contributed by atoms with van der Waals surface area (Å²) >= 11 is 0. The molecule has 1 saturated heterocycles. The van der Waals surface area contributed by atoms with Gasteiger partial charge in [0.1, 0.15) is 5.69 Å². The largest absolute Gasteiger partial charge is 0.449 e. The van der Waals surface area contributed by atoms with Gasteiger partial charge in [-0.15, -0.1) is 0 Å². The zero-order valence-electron chi connectivity index (χ0n) is 24.1. The summed E-state index contributed by atoms with van der Waals surface area (Å²) in [6.45, 7) is 4.75. The number of hydrogen-bond donors (Lipinski definition) is 1.